The molecule has 0 bridgehead atoms. The van der Waals surface area contributed by atoms with E-state index in [2.05, 4.69) is 15.9 Å². The molecule has 0 saturated carbocycles. The number of aromatic hydroxyl groups is 1. The van der Waals surface area contributed by atoms with E-state index in [4.69, 9.17) is 5.11 Å². The first kappa shape index (κ1) is 12.1. The van der Waals surface area contributed by atoms with Gasteiger partial charge in [-0.1, -0.05) is 34.1 Å². The number of phenolic OH excluding ortho intramolecular Hbond substituents is 1. The number of hydrogen-bond acceptors (Lipinski definition) is 1. The van der Waals surface area contributed by atoms with Gasteiger partial charge < -0.3 is 5.11 Å². The summed E-state index contributed by atoms with van der Waals surface area (Å²) in [4.78, 5) is 0. The molecule has 0 spiro atoms. The van der Waals surface area contributed by atoms with Crippen molar-refractivity contribution in [1.82, 2.24) is 0 Å². The van der Waals surface area contributed by atoms with Crippen LogP contribution >= 0.6 is 15.9 Å². The molecule has 88 valence electrons. The van der Waals surface area contributed by atoms with Crippen molar-refractivity contribution >= 4 is 15.9 Å². The fraction of sp³-hybridized carbons (Fsp3) is 0.143. The summed E-state index contributed by atoms with van der Waals surface area (Å²) in [6.45, 7) is 0. The Kier molecular flexibility index (Phi) is 3.79. The molecule has 0 aromatic heterocycles. The second-order valence-corrected chi connectivity index (χ2v) is 4.83. The van der Waals surface area contributed by atoms with Gasteiger partial charge in [0.2, 0.25) is 0 Å². The third-order valence-electron chi connectivity index (χ3n) is 2.63. The molecule has 0 amide bonds. The average Bonchev–Trinajstić information content (AvgIpc) is 2.33. The van der Waals surface area contributed by atoms with E-state index < -0.39 is 5.82 Å². The standard InChI is InChI=1S/C14H12BrFO/c15-12-6-3-10(4-7-12)1-2-11-5-8-14(17)13(16)9-11/h3-9,17H,1-2H2. The van der Waals surface area contributed by atoms with Gasteiger partial charge in [-0.3, -0.25) is 0 Å². The molecule has 0 aliphatic carbocycles. The summed E-state index contributed by atoms with van der Waals surface area (Å²) in [5.74, 6) is -0.851. The van der Waals surface area contributed by atoms with E-state index in [9.17, 15) is 4.39 Å². The highest BCUT2D eigenvalue weighted by Crippen LogP contribution is 2.18. The second kappa shape index (κ2) is 5.32. The van der Waals surface area contributed by atoms with Crippen molar-refractivity contribution in [3.05, 3.63) is 63.9 Å². The van der Waals surface area contributed by atoms with Crippen molar-refractivity contribution in [3.8, 4) is 5.75 Å². The lowest BCUT2D eigenvalue weighted by Crippen LogP contribution is -1.92. The van der Waals surface area contributed by atoms with E-state index in [0.717, 1.165) is 22.9 Å². The van der Waals surface area contributed by atoms with Gasteiger partial charge in [0.25, 0.3) is 0 Å². The van der Waals surface area contributed by atoms with E-state index in [1.165, 1.54) is 17.7 Å². The second-order valence-electron chi connectivity index (χ2n) is 3.91. The Morgan fingerprint density at radius 2 is 1.53 bits per heavy atom. The Morgan fingerprint density at radius 3 is 2.18 bits per heavy atom. The Balaban J connectivity index is 2.02. The summed E-state index contributed by atoms with van der Waals surface area (Å²) in [6.07, 6.45) is 1.62. The van der Waals surface area contributed by atoms with Crippen LogP contribution in [0.3, 0.4) is 0 Å². The maximum absolute atomic E-state index is 13.1. The van der Waals surface area contributed by atoms with Crippen molar-refractivity contribution in [2.75, 3.05) is 0 Å². The minimum Gasteiger partial charge on any atom is -0.505 e. The Hall–Kier alpha value is -1.35. The summed E-state index contributed by atoms with van der Waals surface area (Å²) in [6, 6.07) is 12.6. The van der Waals surface area contributed by atoms with Crippen molar-refractivity contribution in [2.45, 2.75) is 12.8 Å². The van der Waals surface area contributed by atoms with E-state index in [1.807, 2.05) is 24.3 Å². The van der Waals surface area contributed by atoms with E-state index in [0.29, 0.717) is 0 Å². The third kappa shape index (κ3) is 3.30. The largest absolute Gasteiger partial charge is 0.505 e. The topological polar surface area (TPSA) is 20.2 Å². The first-order valence-electron chi connectivity index (χ1n) is 5.37. The van der Waals surface area contributed by atoms with Crippen LogP contribution in [0.25, 0.3) is 0 Å². The molecule has 0 aliphatic rings. The lowest BCUT2D eigenvalue weighted by Gasteiger charge is -2.03. The highest BCUT2D eigenvalue weighted by molar-refractivity contribution is 9.10. The van der Waals surface area contributed by atoms with Crippen molar-refractivity contribution in [2.24, 2.45) is 0 Å². The molecule has 0 saturated heterocycles. The van der Waals surface area contributed by atoms with Crippen LogP contribution in [-0.2, 0) is 12.8 Å². The minimum absolute atomic E-state index is 0.294. The predicted molar refractivity (Wildman–Crippen MR) is 69.6 cm³/mol. The zero-order valence-electron chi connectivity index (χ0n) is 9.16. The van der Waals surface area contributed by atoms with Crippen LogP contribution in [0.4, 0.5) is 4.39 Å². The molecule has 0 atom stereocenters. The predicted octanol–water partition coefficient (Wildman–Crippen LogP) is 4.08. The number of halogens is 2. The van der Waals surface area contributed by atoms with Crippen LogP contribution in [0.2, 0.25) is 0 Å². The lowest BCUT2D eigenvalue weighted by atomic mass is 10.0. The Bertz CT molecular complexity index is 508. The van der Waals surface area contributed by atoms with Gasteiger partial charge in [0.1, 0.15) is 0 Å². The molecule has 0 unspecified atom stereocenters. The lowest BCUT2D eigenvalue weighted by molar-refractivity contribution is 0.432. The van der Waals surface area contributed by atoms with Crippen molar-refractivity contribution < 1.29 is 9.50 Å². The first-order chi connectivity index (χ1) is 8.15. The van der Waals surface area contributed by atoms with Gasteiger partial charge in [0, 0.05) is 4.47 Å². The monoisotopic (exact) mass is 294 g/mol. The van der Waals surface area contributed by atoms with E-state index in [-0.39, 0.29) is 5.75 Å². The summed E-state index contributed by atoms with van der Waals surface area (Å²) in [5, 5.41) is 9.08. The fourth-order valence-corrected chi connectivity index (χ4v) is 1.91. The van der Waals surface area contributed by atoms with Crippen LogP contribution in [0.1, 0.15) is 11.1 Å². The van der Waals surface area contributed by atoms with E-state index >= 15 is 0 Å². The van der Waals surface area contributed by atoms with Crippen LogP contribution < -0.4 is 0 Å². The number of hydrogen-bond donors (Lipinski definition) is 1. The van der Waals surface area contributed by atoms with Gasteiger partial charge >= 0.3 is 0 Å². The molecule has 2 aromatic carbocycles. The molecule has 0 heterocycles. The number of benzene rings is 2. The van der Waals surface area contributed by atoms with E-state index in [1.54, 1.807) is 6.07 Å². The van der Waals surface area contributed by atoms with Gasteiger partial charge in [-0.2, -0.15) is 0 Å². The molecule has 0 fully saturated rings. The molecule has 3 heteroatoms. The summed E-state index contributed by atoms with van der Waals surface area (Å²) < 4.78 is 14.2. The molecule has 1 N–H and O–H groups in total. The van der Waals surface area contributed by atoms with Gasteiger partial charge in [-0.15, -0.1) is 0 Å². The third-order valence-corrected chi connectivity index (χ3v) is 3.16. The van der Waals surface area contributed by atoms with Gasteiger partial charge in [0.15, 0.2) is 11.6 Å². The summed E-state index contributed by atoms with van der Waals surface area (Å²) in [5.41, 5.74) is 2.10. The zero-order chi connectivity index (χ0) is 12.3. The number of rotatable bonds is 3. The fourth-order valence-electron chi connectivity index (χ4n) is 1.65. The Labute approximate surface area is 108 Å². The van der Waals surface area contributed by atoms with Gasteiger partial charge in [-0.05, 0) is 48.2 Å². The smallest absolute Gasteiger partial charge is 0.165 e. The molecule has 2 aromatic rings. The van der Waals surface area contributed by atoms with Gasteiger partial charge in [-0.25, -0.2) is 4.39 Å². The molecule has 17 heavy (non-hydrogen) atoms. The van der Waals surface area contributed by atoms with Crippen LogP contribution in [-0.4, -0.2) is 5.11 Å². The quantitative estimate of drug-likeness (QED) is 0.904. The molecule has 0 radical (unpaired) electrons. The van der Waals surface area contributed by atoms with Crippen LogP contribution in [0, 0.1) is 5.82 Å². The highest BCUT2D eigenvalue weighted by Gasteiger charge is 2.02. The molecule has 2 rings (SSSR count). The minimum atomic E-state index is -0.557. The molecular weight excluding hydrogens is 283 g/mol. The van der Waals surface area contributed by atoms with Crippen molar-refractivity contribution in [1.29, 1.82) is 0 Å². The summed E-state index contributed by atoms with van der Waals surface area (Å²) in [7, 11) is 0. The van der Waals surface area contributed by atoms with Crippen molar-refractivity contribution in [3.63, 3.8) is 0 Å². The van der Waals surface area contributed by atoms with Crippen LogP contribution in [0.5, 0.6) is 5.75 Å². The van der Waals surface area contributed by atoms with Crippen LogP contribution in [0.15, 0.2) is 46.9 Å². The maximum atomic E-state index is 13.1. The molecular formula is C14H12BrFO. The maximum Gasteiger partial charge on any atom is 0.165 e. The normalized spacial score (nSPS) is 10.5. The zero-order valence-corrected chi connectivity index (χ0v) is 10.7. The molecule has 1 nitrogen and oxygen atoms in total. The SMILES string of the molecule is Oc1ccc(CCc2ccc(Br)cc2)cc1F. The highest BCUT2D eigenvalue weighted by atomic mass is 79.9. The average molecular weight is 295 g/mol. The number of aryl methyl sites for hydroxylation is 2. The number of phenols is 1. The Morgan fingerprint density at radius 1 is 0.941 bits per heavy atom. The van der Waals surface area contributed by atoms with Gasteiger partial charge in [0.05, 0.1) is 0 Å². The molecule has 0 aliphatic heterocycles. The first-order valence-corrected chi connectivity index (χ1v) is 6.16. The summed E-state index contributed by atoms with van der Waals surface area (Å²) >= 11 is 3.38.